The molecule has 1 amide bonds. The van der Waals surface area contributed by atoms with Crippen molar-refractivity contribution in [2.24, 2.45) is 0 Å². The van der Waals surface area contributed by atoms with Gasteiger partial charge in [0.15, 0.2) is 0 Å². The van der Waals surface area contributed by atoms with Crippen LogP contribution in [0.5, 0.6) is 0 Å². The van der Waals surface area contributed by atoms with Crippen LogP contribution >= 0.6 is 11.8 Å². The van der Waals surface area contributed by atoms with Crippen molar-refractivity contribution in [3.8, 4) is 0 Å². The van der Waals surface area contributed by atoms with Crippen molar-refractivity contribution in [1.82, 2.24) is 10.2 Å². The third-order valence-electron chi connectivity index (χ3n) is 3.85. The number of aryl methyl sites for hydroxylation is 1. The first kappa shape index (κ1) is 15.4. The summed E-state index contributed by atoms with van der Waals surface area (Å²) in [6, 6.07) is 8.31. The van der Waals surface area contributed by atoms with Crippen molar-refractivity contribution in [2.45, 2.75) is 38.9 Å². The molecule has 2 atom stereocenters. The minimum Gasteiger partial charge on any atom is -0.321 e. The molecule has 20 heavy (non-hydrogen) atoms. The molecule has 0 radical (unpaired) electrons. The summed E-state index contributed by atoms with van der Waals surface area (Å²) in [6.07, 6.45) is 4.06. The molecular weight excluding hydrogens is 268 g/mol. The number of carbonyl (C=O) groups excluding carboxylic acids is 1. The lowest BCUT2D eigenvalue weighted by Gasteiger charge is -2.25. The zero-order chi connectivity index (χ0) is 14.5. The summed E-state index contributed by atoms with van der Waals surface area (Å²) in [5, 5.41) is 3.52. The molecule has 1 aromatic rings. The number of nitrogens with one attached hydrogen (secondary N) is 1. The fraction of sp³-hybridized carbons (Fsp3) is 0.562. The average molecular weight is 292 g/mol. The van der Waals surface area contributed by atoms with Crippen LogP contribution in [0, 0.1) is 6.92 Å². The summed E-state index contributed by atoms with van der Waals surface area (Å²) >= 11 is 1.78. The standard InChI is InChI=1S/C16H24N2OS/c1-4-7-14-16(19)18(10-11-20-3)15(17-14)13-9-6-5-8-12(13)2/h5-6,8-9,14-15,17H,4,7,10-11H2,1-3H3. The predicted molar refractivity (Wildman–Crippen MR) is 85.8 cm³/mol. The van der Waals surface area contributed by atoms with Crippen molar-refractivity contribution >= 4 is 17.7 Å². The molecule has 1 heterocycles. The van der Waals surface area contributed by atoms with Gasteiger partial charge in [0.25, 0.3) is 0 Å². The van der Waals surface area contributed by atoms with Gasteiger partial charge >= 0.3 is 0 Å². The molecule has 0 saturated carbocycles. The Morgan fingerprint density at radius 2 is 2.10 bits per heavy atom. The second-order valence-corrected chi connectivity index (χ2v) is 6.28. The zero-order valence-corrected chi connectivity index (χ0v) is 13.4. The normalized spacial score (nSPS) is 22.6. The smallest absolute Gasteiger partial charge is 0.241 e. The van der Waals surface area contributed by atoms with Gasteiger partial charge in [0.2, 0.25) is 5.91 Å². The van der Waals surface area contributed by atoms with Crippen LogP contribution in [-0.4, -0.2) is 35.4 Å². The number of carbonyl (C=O) groups is 1. The Balaban J connectivity index is 2.24. The van der Waals surface area contributed by atoms with E-state index in [0.717, 1.165) is 25.1 Å². The van der Waals surface area contributed by atoms with E-state index < -0.39 is 0 Å². The minimum absolute atomic E-state index is 0.0218. The van der Waals surface area contributed by atoms with Gasteiger partial charge in [-0.05, 0) is 30.7 Å². The van der Waals surface area contributed by atoms with Crippen LogP contribution < -0.4 is 5.32 Å². The van der Waals surface area contributed by atoms with Gasteiger partial charge in [-0.3, -0.25) is 10.1 Å². The Hall–Kier alpha value is -1.00. The van der Waals surface area contributed by atoms with E-state index in [0.29, 0.717) is 0 Å². The van der Waals surface area contributed by atoms with E-state index in [4.69, 9.17) is 0 Å². The lowest BCUT2D eigenvalue weighted by Crippen LogP contribution is -2.33. The van der Waals surface area contributed by atoms with E-state index in [1.807, 2.05) is 17.0 Å². The fourth-order valence-electron chi connectivity index (χ4n) is 2.75. The molecule has 0 spiro atoms. The first-order chi connectivity index (χ1) is 9.69. The molecule has 1 fully saturated rings. The second kappa shape index (κ2) is 7.14. The molecule has 110 valence electrons. The summed E-state index contributed by atoms with van der Waals surface area (Å²) in [5.74, 6) is 1.24. The van der Waals surface area contributed by atoms with Gasteiger partial charge in [-0.2, -0.15) is 11.8 Å². The highest BCUT2D eigenvalue weighted by Gasteiger charge is 2.38. The molecule has 1 aliphatic rings. The number of nitrogens with zero attached hydrogens (tertiary/aromatic N) is 1. The van der Waals surface area contributed by atoms with Crippen molar-refractivity contribution in [3.05, 3.63) is 35.4 Å². The maximum Gasteiger partial charge on any atom is 0.241 e. The van der Waals surface area contributed by atoms with E-state index in [1.165, 1.54) is 11.1 Å². The van der Waals surface area contributed by atoms with Gasteiger partial charge in [-0.25, -0.2) is 0 Å². The monoisotopic (exact) mass is 292 g/mol. The molecule has 1 aromatic carbocycles. The predicted octanol–water partition coefficient (Wildman–Crippen LogP) is 2.96. The molecule has 0 aliphatic carbocycles. The van der Waals surface area contributed by atoms with Crippen LogP contribution in [0.1, 0.15) is 37.1 Å². The maximum atomic E-state index is 12.6. The number of amides is 1. The molecule has 1 N–H and O–H groups in total. The van der Waals surface area contributed by atoms with Crippen LogP contribution in [0.25, 0.3) is 0 Å². The molecule has 2 rings (SSSR count). The van der Waals surface area contributed by atoms with Crippen LogP contribution in [0.15, 0.2) is 24.3 Å². The Labute approximate surface area is 126 Å². The summed E-state index contributed by atoms with van der Waals surface area (Å²) in [5.41, 5.74) is 2.46. The van der Waals surface area contributed by atoms with E-state index in [2.05, 4.69) is 37.6 Å². The average Bonchev–Trinajstić information content (AvgIpc) is 2.74. The van der Waals surface area contributed by atoms with Gasteiger partial charge in [0.05, 0.1) is 6.04 Å². The molecule has 1 aliphatic heterocycles. The van der Waals surface area contributed by atoms with Gasteiger partial charge in [-0.1, -0.05) is 37.6 Å². The van der Waals surface area contributed by atoms with Crippen LogP contribution in [-0.2, 0) is 4.79 Å². The van der Waals surface area contributed by atoms with E-state index in [-0.39, 0.29) is 18.1 Å². The first-order valence-corrected chi connectivity index (χ1v) is 8.69. The lowest BCUT2D eigenvalue weighted by atomic mass is 10.1. The number of rotatable bonds is 6. The van der Waals surface area contributed by atoms with E-state index in [9.17, 15) is 4.79 Å². The number of thioether (sulfide) groups is 1. The Bertz CT molecular complexity index is 464. The lowest BCUT2D eigenvalue weighted by molar-refractivity contribution is -0.130. The number of hydrogen-bond donors (Lipinski definition) is 1. The Morgan fingerprint density at radius 1 is 1.35 bits per heavy atom. The third kappa shape index (κ3) is 3.18. The Morgan fingerprint density at radius 3 is 2.75 bits per heavy atom. The van der Waals surface area contributed by atoms with Gasteiger partial charge in [0.1, 0.15) is 6.17 Å². The highest BCUT2D eigenvalue weighted by atomic mass is 32.2. The molecule has 0 aromatic heterocycles. The quantitative estimate of drug-likeness (QED) is 0.875. The highest BCUT2D eigenvalue weighted by Crippen LogP contribution is 2.29. The van der Waals surface area contributed by atoms with Crippen LogP contribution in [0.2, 0.25) is 0 Å². The molecule has 0 bridgehead atoms. The number of hydrogen-bond acceptors (Lipinski definition) is 3. The molecular formula is C16H24N2OS. The molecule has 4 heteroatoms. The summed E-state index contributed by atoms with van der Waals surface area (Å²) in [4.78, 5) is 14.6. The number of benzene rings is 1. The highest BCUT2D eigenvalue weighted by molar-refractivity contribution is 7.98. The zero-order valence-electron chi connectivity index (χ0n) is 12.6. The van der Waals surface area contributed by atoms with Crippen molar-refractivity contribution in [1.29, 1.82) is 0 Å². The SMILES string of the molecule is CCCC1NC(c2ccccc2C)N(CCSC)C1=O. The third-order valence-corrected chi connectivity index (χ3v) is 4.44. The van der Waals surface area contributed by atoms with Crippen molar-refractivity contribution < 1.29 is 4.79 Å². The first-order valence-electron chi connectivity index (χ1n) is 7.30. The topological polar surface area (TPSA) is 32.3 Å². The molecule has 3 nitrogen and oxygen atoms in total. The van der Waals surface area contributed by atoms with Crippen molar-refractivity contribution in [2.75, 3.05) is 18.6 Å². The van der Waals surface area contributed by atoms with Gasteiger partial charge < -0.3 is 4.90 Å². The van der Waals surface area contributed by atoms with Crippen LogP contribution in [0.4, 0.5) is 0 Å². The minimum atomic E-state index is -0.0218. The van der Waals surface area contributed by atoms with Crippen LogP contribution in [0.3, 0.4) is 0 Å². The largest absolute Gasteiger partial charge is 0.321 e. The Kier molecular flexibility index (Phi) is 5.49. The van der Waals surface area contributed by atoms with Gasteiger partial charge in [-0.15, -0.1) is 0 Å². The maximum absolute atomic E-state index is 12.6. The second-order valence-electron chi connectivity index (χ2n) is 5.29. The van der Waals surface area contributed by atoms with Crippen molar-refractivity contribution in [3.63, 3.8) is 0 Å². The summed E-state index contributed by atoms with van der Waals surface area (Å²) in [7, 11) is 0. The van der Waals surface area contributed by atoms with E-state index >= 15 is 0 Å². The van der Waals surface area contributed by atoms with Gasteiger partial charge in [0, 0.05) is 12.3 Å². The summed E-state index contributed by atoms with van der Waals surface area (Å²) in [6.45, 7) is 5.05. The van der Waals surface area contributed by atoms with E-state index in [1.54, 1.807) is 11.8 Å². The summed E-state index contributed by atoms with van der Waals surface area (Å²) < 4.78 is 0. The fourth-order valence-corrected chi connectivity index (χ4v) is 3.13. The molecule has 2 unspecified atom stereocenters. The molecule has 1 saturated heterocycles.